The Labute approximate surface area is 501 Å². The van der Waals surface area contributed by atoms with Gasteiger partial charge in [-0.3, -0.25) is 14.4 Å². The van der Waals surface area contributed by atoms with Gasteiger partial charge in [-0.1, -0.05) is 322 Å². The predicted molar refractivity (Wildman–Crippen MR) is 353 cm³/mol. The molecule has 0 aromatic rings. The lowest BCUT2D eigenvalue weighted by Crippen LogP contribution is -2.30. The Balaban J connectivity index is 4.37. The Morgan fingerprint density at radius 2 is 0.481 bits per heavy atom. The van der Waals surface area contributed by atoms with Gasteiger partial charge in [0.1, 0.15) is 13.2 Å². The topological polar surface area (TPSA) is 78.9 Å². The Hall–Kier alpha value is -4.19. The van der Waals surface area contributed by atoms with E-state index in [1.807, 2.05) is 0 Å². The van der Waals surface area contributed by atoms with Gasteiger partial charge in [-0.2, -0.15) is 0 Å². The molecule has 6 nitrogen and oxygen atoms in total. The van der Waals surface area contributed by atoms with Crippen molar-refractivity contribution < 1.29 is 28.6 Å². The molecule has 0 radical (unpaired) electrons. The zero-order chi connectivity index (χ0) is 58.5. The second-order valence-electron chi connectivity index (χ2n) is 22.4. The number of allylic oxidation sites excluding steroid dienone is 20. The van der Waals surface area contributed by atoms with Crippen LogP contribution in [0.5, 0.6) is 0 Å². The number of hydrogen-bond donors (Lipinski definition) is 0. The molecule has 0 amide bonds. The maximum atomic E-state index is 12.9. The second-order valence-corrected chi connectivity index (χ2v) is 22.4. The SMILES string of the molecule is CC/C=C\C/C=C\C/C=C\C/C=C\C/C=C\C/C=C\C/C=C\C/C=C\C/C=C\C/C=C\CCCCC(=O)OCC(COC(=O)CCCCCCCCCCCCCCCCC)OC(=O)CCCCCCCCCCCCCCCCC. The highest BCUT2D eigenvalue weighted by atomic mass is 16.6. The van der Waals surface area contributed by atoms with Gasteiger partial charge in [0.05, 0.1) is 0 Å². The summed E-state index contributed by atoms with van der Waals surface area (Å²) in [4.78, 5) is 38.3. The summed E-state index contributed by atoms with van der Waals surface area (Å²) in [5.41, 5.74) is 0. The number of unbranched alkanes of at least 4 members (excludes halogenated alkanes) is 30. The van der Waals surface area contributed by atoms with E-state index in [0.29, 0.717) is 19.3 Å². The lowest BCUT2D eigenvalue weighted by Gasteiger charge is -2.18. The first-order valence-electron chi connectivity index (χ1n) is 34.0. The van der Waals surface area contributed by atoms with Gasteiger partial charge >= 0.3 is 17.9 Å². The maximum absolute atomic E-state index is 12.9. The van der Waals surface area contributed by atoms with Crippen LogP contribution in [-0.2, 0) is 28.6 Å². The standard InChI is InChI=1S/C75H126O6/c1-4-7-10-13-16-19-22-25-28-29-30-31-32-33-34-35-36-37-38-39-40-41-42-43-44-45-48-50-53-56-59-62-65-68-74(77)80-71-72(81-75(78)69-66-63-60-57-54-51-47-27-24-21-18-15-12-9-6-3)70-79-73(76)67-64-61-58-55-52-49-46-26-23-20-17-14-11-8-5-2/h7,10,16,19,25,28,30-31,33-34,36-37,39-40,42-43,45,48,53,56,72H,4-6,8-9,11-15,17-18,20-24,26-27,29,32,35,38,41,44,46-47,49-52,54-55,57-71H2,1-3H3/b10-7-,19-16-,28-25-,31-30-,34-33-,37-36-,40-39-,43-42-,48-45-,56-53-. The first-order chi connectivity index (χ1) is 40.0. The summed E-state index contributed by atoms with van der Waals surface area (Å²) in [5.74, 6) is -0.922. The number of esters is 3. The molecule has 0 aliphatic rings. The van der Waals surface area contributed by atoms with E-state index in [1.54, 1.807) is 0 Å². The second kappa shape index (κ2) is 68.3. The molecule has 0 N–H and O–H groups in total. The van der Waals surface area contributed by atoms with Crippen molar-refractivity contribution in [3.63, 3.8) is 0 Å². The van der Waals surface area contributed by atoms with E-state index < -0.39 is 6.10 Å². The molecule has 0 fully saturated rings. The van der Waals surface area contributed by atoms with Crippen LogP contribution in [0.3, 0.4) is 0 Å². The summed E-state index contributed by atoms with van der Waals surface area (Å²) in [5, 5.41) is 0. The van der Waals surface area contributed by atoms with Crippen molar-refractivity contribution in [2.24, 2.45) is 0 Å². The maximum Gasteiger partial charge on any atom is 0.306 e. The van der Waals surface area contributed by atoms with Crippen LogP contribution in [0, 0.1) is 0 Å². The third kappa shape index (κ3) is 66.5. The molecule has 1 atom stereocenters. The molecule has 0 aromatic carbocycles. The quantitative estimate of drug-likeness (QED) is 0.0261. The predicted octanol–water partition coefficient (Wildman–Crippen LogP) is 23.6. The van der Waals surface area contributed by atoms with Crippen LogP contribution >= 0.6 is 0 Å². The van der Waals surface area contributed by atoms with E-state index >= 15 is 0 Å². The summed E-state index contributed by atoms with van der Waals surface area (Å²) in [6, 6.07) is 0. The van der Waals surface area contributed by atoms with Crippen LogP contribution < -0.4 is 0 Å². The van der Waals surface area contributed by atoms with Crippen LogP contribution in [-0.4, -0.2) is 37.2 Å². The molecular formula is C75H126O6. The van der Waals surface area contributed by atoms with E-state index in [0.717, 1.165) is 122 Å². The van der Waals surface area contributed by atoms with Crippen molar-refractivity contribution in [2.45, 2.75) is 322 Å². The van der Waals surface area contributed by atoms with E-state index in [-0.39, 0.29) is 31.1 Å². The molecule has 6 heteroatoms. The Bertz CT molecular complexity index is 1670. The molecule has 0 saturated heterocycles. The van der Waals surface area contributed by atoms with Gasteiger partial charge in [0.15, 0.2) is 6.10 Å². The molecule has 0 aliphatic carbocycles. The zero-order valence-corrected chi connectivity index (χ0v) is 53.0. The van der Waals surface area contributed by atoms with Crippen molar-refractivity contribution in [2.75, 3.05) is 13.2 Å². The van der Waals surface area contributed by atoms with Crippen molar-refractivity contribution in [3.8, 4) is 0 Å². The molecule has 0 heterocycles. The lowest BCUT2D eigenvalue weighted by atomic mass is 10.0. The van der Waals surface area contributed by atoms with Crippen LogP contribution in [0.25, 0.3) is 0 Å². The van der Waals surface area contributed by atoms with Gasteiger partial charge in [0, 0.05) is 19.3 Å². The first-order valence-corrected chi connectivity index (χ1v) is 34.0. The third-order valence-electron chi connectivity index (χ3n) is 14.5. The Kier molecular flexibility index (Phi) is 64.8. The van der Waals surface area contributed by atoms with Gasteiger partial charge in [-0.05, 0) is 96.3 Å². The third-order valence-corrected chi connectivity index (χ3v) is 14.5. The molecule has 462 valence electrons. The molecular weight excluding hydrogens is 997 g/mol. The molecule has 0 aliphatic heterocycles. The van der Waals surface area contributed by atoms with Crippen LogP contribution in [0.15, 0.2) is 122 Å². The summed E-state index contributed by atoms with van der Waals surface area (Å²) < 4.78 is 16.9. The highest BCUT2D eigenvalue weighted by molar-refractivity contribution is 5.71. The highest BCUT2D eigenvalue weighted by Crippen LogP contribution is 2.17. The minimum absolute atomic E-state index is 0.0887. The normalized spacial score (nSPS) is 12.9. The largest absolute Gasteiger partial charge is 0.462 e. The summed E-state index contributed by atoms with van der Waals surface area (Å²) >= 11 is 0. The summed E-state index contributed by atoms with van der Waals surface area (Å²) in [6.07, 6.45) is 95.0. The zero-order valence-electron chi connectivity index (χ0n) is 53.0. The van der Waals surface area contributed by atoms with Gasteiger partial charge in [-0.25, -0.2) is 0 Å². The van der Waals surface area contributed by atoms with Crippen LogP contribution in [0.2, 0.25) is 0 Å². The van der Waals surface area contributed by atoms with E-state index in [1.165, 1.54) is 154 Å². The lowest BCUT2D eigenvalue weighted by molar-refractivity contribution is -0.167. The number of hydrogen-bond acceptors (Lipinski definition) is 6. The molecule has 0 saturated carbocycles. The number of ether oxygens (including phenoxy) is 3. The average molecular weight is 1120 g/mol. The van der Waals surface area contributed by atoms with Crippen LogP contribution in [0.4, 0.5) is 0 Å². The molecule has 0 aromatic heterocycles. The number of carbonyl (C=O) groups excluding carboxylic acids is 3. The van der Waals surface area contributed by atoms with Gasteiger partial charge in [0.25, 0.3) is 0 Å². The van der Waals surface area contributed by atoms with Crippen molar-refractivity contribution in [1.82, 2.24) is 0 Å². The fraction of sp³-hybridized carbons (Fsp3) is 0.693. The highest BCUT2D eigenvalue weighted by Gasteiger charge is 2.19. The fourth-order valence-corrected chi connectivity index (χ4v) is 9.41. The van der Waals surface area contributed by atoms with Gasteiger partial charge in [-0.15, -0.1) is 0 Å². The van der Waals surface area contributed by atoms with E-state index in [2.05, 4.69) is 142 Å². The minimum Gasteiger partial charge on any atom is -0.462 e. The molecule has 81 heavy (non-hydrogen) atoms. The molecule has 0 rings (SSSR count). The number of carbonyl (C=O) groups is 3. The fourth-order valence-electron chi connectivity index (χ4n) is 9.41. The Morgan fingerprint density at radius 1 is 0.259 bits per heavy atom. The minimum atomic E-state index is -0.796. The van der Waals surface area contributed by atoms with Gasteiger partial charge in [0.2, 0.25) is 0 Å². The Morgan fingerprint density at radius 3 is 0.753 bits per heavy atom. The summed E-state index contributed by atoms with van der Waals surface area (Å²) in [7, 11) is 0. The van der Waals surface area contributed by atoms with Crippen molar-refractivity contribution in [3.05, 3.63) is 122 Å². The van der Waals surface area contributed by atoms with Crippen molar-refractivity contribution >= 4 is 17.9 Å². The molecule has 0 spiro atoms. The van der Waals surface area contributed by atoms with Crippen molar-refractivity contribution in [1.29, 1.82) is 0 Å². The number of rotatable bonds is 61. The van der Waals surface area contributed by atoms with Gasteiger partial charge < -0.3 is 14.2 Å². The first kappa shape index (κ1) is 76.8. The van der Waals surface area contributed by atoms with E-state index in [9.17, 15) is 14.4 Å². The monoisotopic (exact) mass is 1120 g/mol. The molecule has 0 bridgehead atoms. The summed E-state index contributed by atoms with van der Waals surface area (Å²) in [6.45, 7) is 6.52. The van der Waals surface area contributed by atoms with Crippen LogP contribution in [0.1, 0.15) is 316 Å². The van der Waals surface area contributed by atoms with E-state index in [4.69, 9.17) is 14.2 Å². The average Bonchev–Trinajstić information content (AvgIpc) is 3.47. The smallest absolute Gasteiger partial charge is 0.306 e. The molecule has 1 unspecified atom stereocenters.